The van der Waals surface area contributed by atoms with Crippen LogP contribution in [0.5, 0.6) is 0 Å². The van der Waals surface area contributed by atoms with Gasteiger partial charge in [0.1, 0.15) is 0 Å². The molecule has 1 heteroatoms. The van der Waals surface area contributed by atoms with Gasteiger partial charge in [-0.15, -0.1) is 0 Å². The van der Waals surface area contributed by atoms with Crippen LogP contribution in [0.1, 0.15) is 45.2 Å². The number of hydrogen-bond donors (Lipinski definition) is 1. The monoisotopic (exact) mass is 191 g/mol. The molecular formula is C13H21N. The lowest BCUT2D eigenvalue weighted by Gasteiger charge is -2.20. The normalized spacial score (nSPS) is 17.0. The molecule has 0 spiro atoms. The predicted molar refractivity (Wildman–Crippen MR) is 64.1 cm³/mol. The summed E-state index contributed by atoms with van der Waals surface area (Å²) in [5, 5.41) is 3.45. The summed E-state index contributed by atoms with van der Waals surface area (Å²) < 4.78 is 0. The second kappa shape index (κ2) is 4.04. The highest BCUT2D eigenvalue weighted by atomic mass is 14.9. The topological polar surface area (TPSA) is 12.0 Å². The van der Waals surface area contributed by atoms with E-state index in [-0.39, 0.29) is 1.43 Å². The molecule has 0 fully saturated rings. The first-order chi connectivity index (χ1) is 6.81. The van der Waals surface area contributed by atoms with Crippen LogP contribution in [0.4, 0.5) is 5.69 Å². The summed E-state index contributed by atoms with van der Waals surface area (Å²) in [7, 11) is 0. The van der Waals surface area contributed by atoms with Crippen molar-refractivity contribution in [1.82, 2.24) is 0 Å². The predicted octanol–water partition coefficient (Wildman–Crippen LogP) is 3.80. The number of hydrogen-bond acceptors (Lipinski definition) is 1. The molecule has 1 heterocycles. The van der Waals surface area contributed by atoms with Crippen molar-refractivity contribution in [2.75, 3.05) is 11.9 Å². The summed E-state index contributed by atoms with van der Waals surface area (Å²) in [5.74, 6) is 0.697. The lowest BCUT2D eigenvalue weighted by atomic mass is 9.93. The Morgan fingerprint density at radius 3 is 3.14 bits per heavy atom. The van der Waals surface area contributed by atoms with E-state index < -0.39 is 0 Å². The number of benzene rings is 1. The Morgan fingerprint density at radius 2 is 2.36 bits per heavy atom. The van der Waals surface area contributed by atoms with Crippen molar-refractivity contribution in [3.05, 3.63) is 29.3 Å². The van der Waals surface area contributed by atoms with Gasteiger partial charge in [-0.25, -0.2) is 0 Å². The zero-order valence-corrected chi connectivity index (χ0v) is 9.14. The molecule has 1 nitrogen and oxygen atoms in total. The molecule has 1 aromatic carbocycles. The van der Waals surface area contributed by atoms with E-state index in [9.17, 15) is 0 Å². The van der Waals surface area contributed by atoms with Crippen LogP contribution in [0.25, 0.3) is 0 Å². The second-order valence-electron chi connectivity index (χ2n) is 4.26. The molecule has 0 bridgehead atoms. The third kappa shape index (κ3) is 1.77. The number of rotatable bonds is 2. The quantitative estimate of drug-likeness (QED) is 0.749. The van der Waals surface area contributed by atoms with Gasteiger partial charge in [0.15, 0.2) is 0 Å². The van der Waals surface area contributed by atoms with Crippen LogP contribution in [-0.4, -0.2) is 6.54 Å². The molecule has 1 N–H and O–H groups in total. The van der Waals surface area contributed by atoms with Gasteiger partial charge in [-0.1, -0.05) is 26.0 Å². The standard InChI is InChI=1S/C13H19N.H2/c1-3-10(2)11-6-7-13-12(9-11)5-4-8-14-13;/h6-7,9-10,14H,3-5,8H2,1-2H3;1H. The van der Waals surface area contributed by atoms with Crippen molar-refractivity contribution in [2.24, 2.45) is 0 Å². The van der Waals surface area contributed by atoms with Gasteiger partial charge in [-0.2, -0.15) is 0 Å². The van der Waals surface area contributed by atoms with Crippen LogP contribution in [0.3, 0.4) is 0 Å². The summed E-state index contributed by atoms with van der Waals surface area (Å²) in [4.78, 5) is 0. The van der Waals surface area contributed by atoms with E-state index in [1.54, 1.807) is 0 Å². The third-order valence-corrected chi connectivity index (χ3v) is 3.25. The highest BCUT2D eigenvalue weighted by Gasteiger charge is 2.10. The molecule has 0 aromatic heterocycles. The average Bonchev–Trinajstić information content (AvgIpc) is 2.27. The fourth-order valence-corrected chi connectivity index (χ4v) is 2.04. The van der Waals surface area contributed by atoms with Crippen molar-refractivity contribution in [3.8, 4) is 0 Å². The molecule has 0 saturated carbocycles. The summed E-state index contributed by atoms with van der Waals surface area (Å²) in [5.41, 5.74) is 4.35. The van der Waals surface area contributed by atoms with Gasteiger partial charge in [0.05, 0.1) is 0 Å². The van der Waals surface area contributed by atoms with Gasteiger partial charge in [0.25, 0.3) is 0 Å². The lowest BCUT2D eigenvalue weighted by molar-refractivity contribution is 0.729. The Hall–Kier alpha value is -0.980. The molecule has 0 saturated heterocycles. The van der Waals surface area contributed by atoms with Crippen molar-refractivity contribution in [2.45, 2.75) is 39.0 Å². The third-order valence-electron chi connectivity index (χ3n) is 3.25. The molecule has 1 aliphatic heterocycles. The van der Waals surface area contributed by atoms with E-state index in [1.165, 1.54) is 36.1 Å². The minimum atomic E-state index is 0. The second-order valence-corrected chi connectivity index (χ2v) is 4.26. The van der Waals surface area contributed by atoms with Crippen LogP contribution in [0, 0.1) is 0 Å². The first-order valence-electron chi connectivity index (χ1n) is 5.68. The first-order valence-corrected chi connectivity index (χ1v) is 5.68. The fraction of sp³-hybridized carbons (Fsp3) is 0.538. The van der Waals surface area contributed by atoms with Crippen molar-refractivity contribution >= 4 is 5.69 Å². The molecule has 1 aliphatic rings. The smallest absolute Gasteiger partial charge is 0.0372 e. The van der Waals surface area contributed by atoms with E-state index in [0.29, 0.717) is 5.92 Å². The maximum Gasteiger partial charge on any atom is 0.0372 e. The molecule has 1 unspecified atom stereocenters. The maximum atomic E-state index is 3.45. The zero-order valence-electron chi connectivity index (χ0n) is 9.14. The van der Waals surface area contributed by atoms with E-state index in [0.717, 1.165) is 6.54 Å². The molecule has 0 aliphatic carbocycles. The molecule has 78 valence electrons. The highest BCUT2D eigenvalue weighted by Crippen LogP contribution is 2.27. The lowest BCUT2D eigenvalue weighted by Crippen LogP contribution is -2.12. The van der Waals surface area contributed by atoms with Crippen LogP contribution in [-0.2, 0) is 6.42 Å². The number of fused-ring (bicyclic) bond motifs is 1. The molecule has 1 aromatic rings. The summed E-state index contributed by atoms with van der Waals surface area (Å²) in [6.07, 6.45) is 3.75. The van der Waals surface area contributed by atoms with Crippen LogP contribution >= 0.6 is 0 Å². The zero-order chi connectivity index (χ0) is 9.97. The van der Waals surface area contributed by atoms with E-state index in [1.807, 2.05) is 0 Å². The molecule has 14 heavy (non-hydrogen) atoms. The van der Waals surface area contributed by atoms with Crippen LogP contribution in [0.15, 0.2) is 18.2 Å². The van der Waals surface area contributed by atoms with Crippen LogP contribution < -0.4 is 5.32 Å². The highest BCUT2D eigenvalue weighted by molar-refractivity contribution is 5.54. The first kappa shape index (κ1) is 9.57. The molecule has 0 radical (unpaired) electrons. The van der Waals surface area contributed by atoms with Gasteiger partial charge >= 0.3 is 0 Å². The summed E-state index contributed by atoms with van der Waals surface area (Å²) in [6.45, 7) is 5.69. The van der Waals surface area contributed by atoms with Gasteiger partial charge in [-0.05, 0) is 42.4 Å². The number of aryl methyl sites for hydroxylation is 1. The van der Waals surface area contributed by atoms with Crippen molar-refractivity contribution in [1.29, 1.82) is 0 Å². The Labute approximate surface area is 88.0 Å². The molecular weight excluding hydrogens is 170 g/mol. The van der Waals surface area contributed by atoms with Gasteiger partial charge < -0.3 is 5.32 Å². The SMILES string of the molecule is CCC(C)c1ccc2c(c1)CCCN2.[HH]. The number of anilines is 1. The van der Waals surface area contributed by atoms with E-state index in [4.69, 9.17) is 0 Å². The average molecular weight is 191 g/mol. The van der Waals surface area contributed by atoms with Crippen molar-refractivity contribution < 1.29 is 1.43 Å². The Balaban J connectivity index is 0.00000112. The Kier molecular flexibility index (Phi) is 2.76. The summed E-state index contributed by atoms with van der Waals surface area (Å²) in [6, 6.07) is 6.90. The van der Waals surface area contributed by atoms with E-state index >= 15 is 0 Å². The fourth-order valence-electron chi connectivity index (χ4n) is 2.04. The Bertz CT molecular complexity index is 322. The van der Waals surface area contributed by atoms with Gasteiger partial charge in [-0.3, -0.25) is 0 Å². The Morgan fingerprint density at radius 1 is 1.50 bits per heavy atom. The maximum absolute atomic E-state index is 3.45. The van der Waals surface area contributed by atoms with Gasteiger partial charge in [0, 0.05) is 13.7 Å². The minimum absolute atomic E-state index is 0. The van der Waals surface area contributed by atoms with Crippen molar-refractivity contribution in [3.63, 3.8) is 0 Å². The summed E-state index contributed by atoms with van der Waals surface area (Å²) >= 11 is 0. The minimum Gasteiger partial charge on any atom is -0.385 e. The largest absolute Gasteiger partial charge is 0.385 e. The molecule has 0 amide bonds. The van der Waals surface area contributed by atoms with E-state index in [2.05, 4.69) is 37.4 Å². The number of nitrogens with one attached hydrogen (secondary N) is 1. The molecule has 2 rings (SSSR count). The molecule has 1 atom stereocenters. The van der Waals surface area contributed by atoms with Crippen LogP contribution in [0.2, 0.25) is 0 Å². The van der Waals surface area contributed by atoms with Gasteiger partial charge in [0.2, 0.25) is 0 Å².